The van der Waals surface area contributed by atoms with Gasteiger partial charge in [0, 0.05) is 37.7 Å². The molecule has 0 aromatic rings. The average molecular weight is 372 g/mol. The third-order valence-corrected chi connectivity index (χ3v) is 5.68. The Morgan fingerprint density at radius 3 is 2.75 bits per heavy atom. The number of unbranched alkanes of at least 4 members (excludes halogenated alkanes) is 2. The predicted octanol–water partition coefficient (Wildman–Crippen LogP) is 2.82. The van der Waals surface area contributed by atoms with Crippen molar-refractivity contribution in [3.63, 3.8) is 0 Å². The second-order valence-electron chi connectivity index (χ2n) is 5.85. The number of amides is 2. The lowest BCUT2D eigenvalue weighted by molar-refractivity contribution is -0.124. The predicted molar refractivity (Wildman–Crippen MR) is 105 cm³/mol. The number of nitrogens with one attached hydrogen (secondary N) is 3. The van der Waals surface area contributed by atoms with Crippen molar-refractivity contribution in [2.45, 2.75) is 39.5 Å². The summed E-state index contributed by atoms with van der Waals surface area (Å²) >= 11 is 0. The summed E-state index contributed by atoms with van der Waals surface area (Å²) in [5.74, 6) is 1.14. The van der Waals surface area contributed by atoms with Crippen molar-refractivity contribution in [1.82, 2.24) is 16.0 Å². The number of hydrogen-bond acceptors (Lipinski definition) is 5. The maximum Gasteiger partial charge on any atom is 0.222 e. The average Bonchev–Trinajstić information content (AvgIpc) is 2.58. The number of carbonyl (C=O) groups is 2. The van der Waals surface area contributed by atoms with E-state index in [4.69, 9.17) is 0 Å². The first kappa shape index (κ1) is 21.0. The third kappa shape index (κ3) is 10.6. The molecular weight excluding hydrogens is 342 g/mol. The Kier molecular flexibility index (Phi) is 11.6. The van der Waals surface area contributed by atoms with E-state index in [-0.39, 0.29) is 17.7 Å². The zero-order chi connectivity index (χ0) is 17.6. The Labute approximate surface area is 153 Å². The van der Waals surface area contributed by atoms with Gasteiger partial charge in [0.25, 0.3) is 0 Å². The molecule has 0 saturated carbocycles. The molecule has 1 aliphatic rings. The molecular formula is C17H29N3O2S2. The van der Waals surface area contributed by atoms with E-state index in [1.165, 1.54) is 5.03 Å². The molecule has 0 aliphatic carbocycles. The van der Waals surface area contributed by atoms with Gasteiger partial charge >= 0.3 is 0 Å². The van der Waals surface area contributed by atoms with E-state index in [1.807, 2.05) is 13.8 Å². The first-order valence-corrected chi connectivity index (χ1v) is 10.9. The van der Waals surface area contributed by atoms with Gasteiger partial charge in [0.2, 0.25) is 11.8 Å². The van der Waals surface area contributed by atoms with Crippen LogP contribution in [-0.2, 0) is 9.59 Å². The molecule has 1 rings (SSSR count). The maximum absolute atomic E-state index is 11.7. The summed E-state index contributed by atoms with van der Waals surface area (Å²) in [7, 11) is 3.45. The Bertz CT molecular complexity index is 451. The molecule has 7 heteroatoms. The van der Waals surface area contributed by atoms with Gasteiger partial charge < -0.3 is 16.0 Å². The maximum atomic E-state index is 11.7. The van der Waals surface area contributed by atoms with Crippen molar-refractivity contribution in [1.29, 1.82) is 0 Å². The number of allylic oxidation sites excluding steroid dienone is 2. The van der Waals surface area contributed by atoms with Gasteiger partial charge in [-0.05, 0) is 29.7 Å². The van der Waals surface area contributed by atoms with Gasteiger partial charge in [-0.1, -0.05) is 43.2 Å². The molecule has 0 fully saturated rings. The largest absolute Gasteiger partial charge is 0.376 e. The lowest BCUT2D eigenvalue weighted by Gasteiger charge is -2.10. The molecule has 1 heterocycles. The normalized spacial score (nSPS) is 13.4. The highest BCUT2D eigenvalue weighted by Gasteiger charge is 2.05. The summed E-state index contributed by atoms with van der Waals surface area (Å²) in [6, 6.07) is 0. The van der Waals surface area contributed by atoms with Crippen LogP contribution in [0.1, 0.15) is 39.5 Å². The fraction of sp³-hybridized carbons (Fsp3) is 0.647. The van der Waals surface area contributed by atoms with Crippen LogP contribution in [0.5, 0.6) is 0 Å². The number of carbonyl (C=O) groups excluding carboxylic acids is 2. The van der Waals surface area contributed by atoms with E-state index in [0.29, 0.717) is 19.5 Å². The van der Waals surface area contributed by atoms with Crippen molar-refractivity contribution in [3.8, 4) is 0 Å². The molecule has 5 nitrogen and oxygen atoms in total. The van der Waals surface area contributed by atoms with Crippen LogP contribution in [0.15, 0.2) is 23.3 Å². The zero-order valence-corrected chi connectivity index (χ0v) is 16.2. The summed E-state index contributed by atoms with van der Waals surface area (Å²) in [5.41, 5.74) is 0. The SMILES string of the molecule is CC(C)C(=O)NCCCCCC(=O)NCCSSC1=CC=CCN1. The highest BCUT2D eigenvalue weighted by atomic mass is 33.1. The van der Waals surface area contributed by atoms with Gasteiger partial charge in [-0.15, -0.1) is 0 Å². The summed E-state index contributed by atoms with van der Waals surface area (Å²) in [6.45, 7) is 6.05. The highest BCUT2D eigenvalue weighted by molar-refractivity contribution is 8.78. The van der Waals surface area contributed by atoms with E-state index in [1.54, 1.807) is 21.6 Å². The van der Waals surface area contributed by atoms with E-state index >= 15 is 0 Å². The fourth-order valence-corrected chi connectivity index (χ4v) is 3.82. The topological polar surface area (TPSA) is 70.2 Å². The van der Waals surface area contributed by atoms with Gasteiger partial charge in [0.05, 0.1) is 5.03 Å². The van der Waals surface area contributed by atoms with Gasteiger partial charge in [-0.25, -0.2) is 0 Å². The molecule has 0 radical (unpaired) electrons. The van der Waals surface area contributed by atoms with Crippen molar-refractivity contribution in [3.05, 3.63) is 23.3 Å². The molecule has 2 amide bonds. The molecule has 136 valence electrons. The molecule has 0 atom stereocenters. The number of dihydropyridines is 1. The van der Waals surface area contributed by atoms with Crippen LogP contribution in [0.25, 0.3) is 0 Å². The van der Waals surface area contributed by atoms with Crippen LogP contribution >= 0.6 is 21.6 Å². The minimum absolute atomic E-state index is 0.0356. The van der Waals surface area contributed by atoms with Crippen molar-refractivity contribution in [2.24, 2.45) is 5.92 Å². The fourth-order valence-electron chi connectivity index (χ4n) is 1.93. The zero-order valence-electron chi connectivity index (χ0n) is 14.6. The van der Waals surface area contributed by atoms with E-state index in [2.05, 4.69) is 34.2 Å². The molecule has 1 aliphatic heterocycles. The van der Waals surface area contributed by atoms with Gasteiger partial charge in [0.1, 0.15) is 0 Å². The quantitative estimate of drug-likeness (QED) is 0.363. The van der Waals surface area contributed by atoms with Crippen LogP contribution in [-0.4, -0.2) is 37.2 Å². The van der Waals surface area contributed by atoms with Crippen LogP contribution in [0.2, 0.25) is 0 Å². The van der Waals surface area contributed by atoms with Crippen LogP contribution in [0.4, 0.5) is 0 Å². The minimum atomic E-state index is 0.0356. The number of hydrogen-bond donors (Lipinski definition) is 3. The van der Waals surface area contributed by atoms with Crippen molar-refractivity contribution >= 4 is 33.4 Å². The van der Waals surface area contributed by atoms with Crippen LogP contribution in [0, 0.1) is 5.92 Å². The summed E-state index contributed by atoms with van der Waals surface area (Å²) in [5, 5.41) is 10.3. The minimum Gasteiger partial charge on any atom is -0.376 e. The second-order valence-corrected chi connectivity index (χ2v) is 8.31. The monoisotopic (exact) mass is 371 g/mol. The lowest BCUT2D eigenvalue weighted by Crippen LogP contribution is -2.28. The molecule has 0 saturated heterocycles. The molecule has 3 N–H and O–H groups in total. The van der Waals surface area contributed by atoms with Gasteiger partial charge in [0.15, 0.2) is 0 Å². The highest BCUT2D eigenvalue weighted by Crippen LogP contribution is 2.28. The number of rotatable bonds is 12. The van der Waals surface area contributed by atoms with Crippen molar-refractivity contribution in [2.75, 3.05) is 25.4 Å². The summed E-state index contributed by atoms with van der Waals surface area (Å²) in [4.78, 5) is 23.1. The van der Waals surface area contributed by atoms with E-state index in [0.717, 1.165) is 31.6 Å². The Balaban J connectivity index is 1.88. The first-order valence-electron chi connectivity index (χ1n) is 8.54. The summed E-state index contributed by atoms with van der Waals surface area (Å²) in [6.07, 6.45) is 9.51. The van der Waals surface area contributed by atoms with E-state index in [9.17, 15) is 9.59 Å². The smallest absolute Gasteiger partial charge is 0.222 e. The molecule has 24 heavy (non-hydrogen) atoms. The Hall–Kier alpha value is -1.08. The first-order chi connectivity index (χ1) is 11.6. The van der Waals surface area contributed by atoms with E-state index < -0.39 is 0 Å². The van der Waals surface area contributed by atoms with Crippen molar-refractivity contribution < 1.29 is 9.59 Å². The lowest BCUT2D eigenvalue weighted by atomic mass is 10.1. The van der Waals surface area contributed by atoms with Crippen LogP contribution < -0.4 is 16.0 Å². The molecule has 0 bridgehead atoms. The molecule has 0 unspecified atom stereocenters. The Morgan fingerprint density at radius 2 is 2.04 bits per heavy atom. The summed E-state index contributed by atoms with van der Waals surface area (Å²) < 4.78 is 0. The second kappa shape index (κ2) is 13.2. The van der Waals surface area contributed by atoms with Gasteiger partial charge in [-0.3, -0.25) is 9.59 Å². The third-order valence-electron chi connectivity index (χ3n) is 3.34. The molecule has 0 aromatic carbocycles. The van der Waals surface area contributed by atoms with Gasteiger partial charge in [-0.2, -0.15) is 0 Å². The molecule has 0 spiro atoms. The van der Waals surface area contributed by atoms with Crippen LogP contribution in [0.3, 0.4) is 0 Å². The standard InChI is InChI=1S/C17H29N3O2S2/c1-14(2)17(22)20-11-6-3-4-8-15(21)18-12-13-23-24-16-9-5-7-10-19-16/h5,7,9,14,19H,3-4,6,8,10-13H2,1-2H3,(H,18,21)(H,20,22). The Morgan fingerprint density at radius 1 is 1.21 bits per heavy atom. The molecule has 0 aromatic heterocycles.